The molecule has 1 aromatic carbocycles. The molecule has 5 nitrogen and oxygen atoms in total. The standard InChI is InChI=1S/C16H19F2N3O2/c1-9(2)13(19)5-6-20-16(22)15-8-14(21-23-15)11-7-10(17)3-4-12(11)18/h3-4,7-9,13H,5-6,19H2,1-2H3,(H,20,22)/t13-/m1/s1. The van der Waals surface area contributed by atoms with Crippen LogP contribution in [0, 0.1) is 17.6 Å². The Morgan fingerprint density at radius 3 is 2.78 bits per heavy atom. The van der Waals surface area contributed by atoms with Crippen molar-refractivity contribution in [3.63, 3.8) is 0 Å². The number of halogens is 2. The third-order valence-electron chi connectivity index (χ3n) is 3.56. The Balaban J connectivity index is 2.01. The van der Waals surface area contributed by atoms with E-state index in [1.54, 1.807) is 0 Å². The largest absolute Gasteiger partial charge is 0.350 e. The van der Waals surface area contributed by atoms with Gasteiger partial charge in [0.05, 0.1) is 0 Å². The molecule has 0 saturated carbocycles. The quantitative estimate of drug-likeness (QED) is 0.856. The van der Waals surface area contributed by atoms with E-state index in [1.165, 1.54) is 6.07 Å². The molecule has 1 amide bonds. The van der Waals surface area contributed by atoms with E-state index in [-0.39, 0.29) is 23.1 Å². The Kier molecular flexibility index (Phi) is 5.44. The van der Waals surface area contributed by atoms with Gasteiger partial charge in [-0.25, -0.2) is 8.78 Å². The molecule has 0 aliphatic heterocycles. The van der Waals surface area contributed by atoms with E-state index in [0.717, 1.165) is 18.2 Å². The zero-order valence-corrected chi connectivity index (χ0v) is 13.0. The molecule has 0 unspecified atom stereocenters. The number of rotatable bonds is 6. The fourth-order valence-corrected chi connectivity index (χ4v) is 1.98. The summed E-state index contributed by atoms with van der Waals surface area (Å²) in [5, 5.41) is 6.27. The van der Waals surface area contributed by atoms with Crippen molar-refractivity contribution < 1.29 is 18.1 Å². The van der Waals surface area contributed by atoms with Crippen molar-refractivity contribution in [2.45, 2.75) is 26.3 Å². The molecule has 0 aliphatic carbocycles. The van der Waals surface area contributed by atoms with Crippen molar-refractivity contribution in [1.29, 1.82) is 0 Å². The maximum absolute atomic E-state index is 13.7. The van der Waals surface area contributed by atoms with Crippen molar-refractivity contribution >= 4 is 5.91 Å². The van der Waals surface area contributed by atoms with Gasteiger partial charge in [0.25, 0.3) is 5.91 Å². The highest BCUT2D eigenvalue weighted by atomic mass is 19.1. The summed E-state index contributed by atoms with van der Waals surface area (Å²) in [6.45, 7) is 4.40. The smallest absolute Gasteiger partial charge is 0.289 e. The minimum Gasteiger partial charge on any atom is -0.350 e. The van der Waals surface area contributed by atoms with Gasteiger partial charge >= 0.3 is 0 Å². The molecular weight excluding hydrogens is 304 g/mol. The van der Waals surface area contributed by atoms with Crippen molar-refractivity contribution in [3.05, 3.63) is 41.7 Å². The molecule has 0 spiro atoms. The summed E-state index contributed by atoms with van der Waals surface area (Å²) < 4.78 is 31.8. The Hall–Kier alpha value is -2.28. The molecular formula is C16H19F2N3O2. The van der Waals surface area contributed by atoms with Gasteiger partial charge in [-0.05, 0) is 30.5 Å². The van der Waals surface area contributed by atoms with Gasteiger partial charge in [-0.3, -0.25) is 4.79 Å². The Morgan fingerprint density at radius 1 is 1.35 bits per heavy atom. The first-order chi connectivity index (χ1) is 10.9. The molecule has 1 atom stereocenters. The van der Waals surface area contributed by atoms with Gasteiger partial charge in [0.15, 0.2) is 0 Å². The fourth-order valence-electron chi connectivity index (χ4n) is 1.98. The summed E-state index contributed by atoms with van der Waals surface area (Å²) in [6.07, 6.45) is 0.628. The maximum Gasteiger partial charge on any atom is 0.289 e. The topological polar surface area (TPSA) is 81.1 Å². The zero-order chi connectivity index (χ0) is 17.0. The number of nitrogens with zero attached hydrogens (tertiary/aromatic N) is 1. The summed E-state index contributed by atoms with van der Waals surface area (Å²) >= 11 is 0. The van der Waals surface area contributed by atoms with Crippen molar-refractivity contribution in [2.75, 3.05) is 6.54 Å². The second-order valence-electron chi connectivity index (χ2n) is 5.65. The normalized spacial score (nSPS) is 12.4. The lowest BCUT2D eigenvalue weighted by molar-refractivity contribution is 0.0915. The molecule has 23 heavy (non-hydrogen) atoms. The number of hydrogen-bond donors (Lipinski definition) is 2. The van der Waals surface area contributed by atoms with Crippen LogP contribution < -0.4 is 11.1 Å². The van der Waals surface area contributed by atoms with E-state index in [9.17, 15) is 13.6 Å². The average molecular weight is 323 g/mol. The number of nitrogens with one attached hydrogen (secondary N) is 1. The number of benzene rings is 1. The van der Waals surface area contributed by atoms with Crippen LogP contribution in [0.1, 0.15) is 30.8 Å². The van der Waals surface area contributed by atoms with E-state index >= 15 is 0 Å². The molecule has 2 aromatic rings. The molecule has 7 heteroatoms. The van der Waals surface area contributed by atoms with Crippen LogP contribution in [0.5, 0.6) is 0 Å². The molecule has 0 bridgehead atoms. The summed E-state index contributed by atoms with van der Waals surface area (Å²) in [6, 6.07) is 4.25. The summed E-state index contributed by atoms with van der Waals surface area (Å²) in [5.41, 5.74) is 5.89. The van der Waals surface area contributed by atoms with Crippen LogP contribution in [0.4, 0.5) is 8.78 Å². The van der Waals surface area contributed by atoms with E-state index in [2.05, 4.69) is 10.5 Å². The van der Waals surface area contributed by atoms with Gasteiger partial charge in [0.1, 0.15) is 17.3 Å². The highest BCUT2D eigenvalue weighted by molar-refractivity contribution is 5.92. The second kappa shape index (κ2) is 7.32. The van der Waals surface area contributed by atoms with Gasteiger partial charge in [0.2, 0.25) is 5.76 Å². The van der Waals surface area contributed by atoms with Gasteiger partial charge in [-0.2, -0.15) is 0 Å². The molecule has 124 valence electrons. The Labute approximate surface area is 132 Å². The van der Waals surface area contributed by atoms with Crippen molar-refractivity contribution in [2.24, 2.45) is 11.7 Å². The SMILES string of the molecule is CC(C)[C@H](N)CCNC(=O)c1cc(-c2cc(F)ccc2F)no1. The van der Waals surface area contributed by atoms with Crippen LogP contribution in [-0.2, 0) is 0 Å². The lowest BCUT2D eigenvalue weighted by Crippen LogP contribution is -2.33. The lowest BCUT2D eigenvalue weighted by Gasteiger charge is -2.15. The maximum atomic E-state index is 13.7. The van der Waals surface area contributed by atoms with Gasteiger partial charge < -0.3 is 15.6 Å². The minimum absolute atomic E-state index is 0.0121. The predicted molar refractivity (Wildman–Crippen MR) is 81.6 cm³/mol. The number of aromatic nitrogens is 1. The van der Waals surface area contributed by atoms with Crippen LogP contribution in [0.15, 0.2) is 28.8 Å². The predicted octanol–water partition coefficient (Wildman–Crippen LogP) is 2.72. The Bertz CT molecular complexity index is 686. The van der Waals surface area contributed by atoms with Crippen LogP contribution in [0.3, 0.4) is 0 Å². The first-order valence-electron chi connectivity index (χ1n) is 7.34. The van der Waals surface area contributed by atoms with E-state index < -0.39 is 17.5 Å². The first kappa shape index (κ1) is 17.1. The molecule has 1 heterocycles. The molecule has 0 saturated heterocycles. The molecule has 2 rings (SSSR count). The van der Waals surface area contributed by atoms with Gasteiger partial charge in [-0.1, -0.05) is 19.0 Å². The van der Waals surface area contributed by atoms with Gasteiger partial charge in [0, 0.05) is 24.2 Å². The highest BCUT2D eigenvalue weighted by Crippen LogP contribution is 2.23. The first-order valence-corrected chi connectivity index (χ1v) is 7.34. The second-order valence-corrected chi connectivity index (χ2v) is 5.65. The summed E-state index contributed by atoms with van der Waals surface area (Å²) in [7, 11) is 0. The van der Waals surface area contributed by atoms with Crippen LogP contribution in [-0.4, -0.2) is 23.7 Å². The molecule has 0 aliphatic rings. The van der Waals surface area contributed by atoms with Crippen LogP contribution in [0.25, 0.3) is 11.3 Å². The summed E-state index contributed by atoms with van der Waals surface area (Å²) in [5.74, 6) is -1.47. The molecule has 0 radical (unpaired) electrons. The fraction of sp³-hybridized carbons (Fsp3) is 0.375. The minimum atomic E-state index is -0.644. The molecule has 0 fully saturated rings. The molecule has 3 N–H and O–H groups in total. The lowest BCUT2D eigenvalue weighted by atomic mass is 10.0. The van der Waals surface area contributed by atoms with Crippen molar-refractivity contribution in [3.8, 4) is 11.3 Å². The monoisotopic (exact) mass is 323 g/mol. The van der Waals surface area contributed by atoms with E-state index in [0.29, 0.717) is 18.9 Å². The number of carbonyl (C=O) groups is 1. The number of hydrogen-bond acceptors (Lipinski definition) is 4. The van der Waals surface area contributed by atoms with Crippen LogP contribution in [0.2, 0.25) is 0 Å². The number of amides is 1. The van der Waals surface area contributed by atoms with E-state index in [1.807, 2.05) is 13.8 Å². The van der Waals surface area contributed by atoms with Gasteiger partial charge in [-0.15, -0.1) is 0 Å². The summed E-state index contributed by atoms with van der Waals surface area (Å²) in [4.78, 5) is 11.9. The van der Waals surface area contributed by atoms with E-state index in [4.69, 9.17) is 10.3 Å². The number of nitrogens with two attached hydrogens (primary N) is 1. The average Bonchev–Trinajstić information content (AvgIpc) is 2.99. The third-order valence-corrected chi connectivity index (χ3v) is 3.56. The zero-order valence-electron chi connectivity index (χ0n) is 13.0. The number of carbonyl (C=O) groups excluding carboxylic acids is 1. The third kappa shape index (κ3) is 4.35. The Morgan fingerprint density at radius 2 is 2.09 bits per heavy atom. The highest BCUT2D eigenvalue weighted by Gasteiger charge is 2.17. The van der Waals surface area contributed by atoms with Crippen LogP contribution >= 0.6 is 0 Å². The van der Waals surface area contributed by atoms with Crippen molar-refractivity contribution in [1.82, 2.24) is 10.5 Å². The molecule has 1 aromatic heterocycles.